The number of rotatable bonds is 19. The van der Waals surface area contributed by atoms with E-state index in [0.29, 0.717) is 6.42 Å². The largest absolute Gasteiger partial charge is 1.00 e. The van der Waals surface area contributed by atoms with E-state index in [1.54, 1.807) is 0 Å². The molecule has 158 valence electrons. The third kappa shape index (κ3) is 22.0. The third-order valence-corrected chi connectivity index (χ3v) is 6.58. The van der Waals surface area contributed by atoms with Crippen LogP contribution in [0.2, 0.25) is 0 Å². The van der Waals surface area contributed by atoms with E-state index in [9.17, 15) is 18.1 Å². The van der Waals surface area contributed by atoms with Crippen LogP contribution >= 0.6 is 0 Å². The van der Waals surface area contributed by atoms with Crippen molar-refractivity contribution in [3.8, 4) is 0 Å². The molecule has 6 heteroatoms. The summed E-state index contributed by atoms with van der Waals surface area (Å²) in [6.45, 7) is 3.55. The first-order valence-corrected chi connectivity index (χ1v) is 12.5. The summed E-state index contributed by atoms with van der Waals surface area (Å²) in [5.41, 5.74) is 0. The van der Waals surface area contributed by atoms with Crippen LogP contribution in [0.3, 0.4) is 0 Å². The average molecular weight is 431 g/mol. The van der Waals surface area contributed by atoms with Crippen LogP contribution in [0.15, 0.2) is 0 Å². The van der Waals surface area contributed by atoms with Crippen LogP contribution in [0.5, 0.6) is 0 Å². The summed E-state index contributed by atoms with van der Waals surface area (Å²) < 4.78 is 32.3. The summed E-state index contributed by atoms with van der Waals surface area (Å²) in [6.07, 6.45) is 19.5. The van der Waals surface area contributed by atoms with Crippen molar-refractivity contribution >= 4 is 10.1 Å². The molecule has 0 bridgehead atoms. The quantitative estimate of drug-likeness (QED) is 0.194. The number of hydrogen-bond acceptors (Lipinski definition) is 4. The smallest absolute Gasteiger partial charge is 0.748 e. The predicted molar refractivity (Wildman–Crippen MR) is 109 cm³/mol. The van der Waals surface area contributed by atoms with Crippen molar-refractivity contribution in [2.45, 2.75) is 134 Å². The van der Waals surface area contributed by atoms with Gasteiger partial charge >= 0.3 is 51.4 Å². The van der Waals surface area contributed by atoms with E-state index in [1.807, 2.05) is 6.92 Å². The monoisotopic (exact) mass is 430 g/mol. The van der Waals surface area contributed by atoms with Crippen molar-refractivity contribution in [1.82, 2.24) is 0 Å². The molecule has 2 atom stereocenters. The summed E-state index contributed by atoms with van der Waals surface area (Å²) in [5.74, 6) is 0. The van der Waals surface area contributed by atoms with Crippen molar-refractivity contribution in [2.75, 3.05) is 0 Å². The molecular weight excluding hydrogens is 387 g/mol. The summed E-state index contributed by atoms with van der Waals surface area (Å²) in [4.78, 5) is 0. The minimum Gasteiger partial charge on any atom is -0.748 e. The van der Waals surface area contributed by atoms with Crippen LogP contribution in [-0.4, -0.2) is 29.4 Å². The zero-order valence-corrected chi connectivity index (χ0v) is 22.2. The van der Waals surface area contributed by atoms with E-state index >= 15 is 0 Å². The maximum Gasteiger partial charge on any atom is 1.00 e. The van der Waals surface area contributed by atoms with Crippen molar-refractivity contribution < 1.29 is 69.5 Å². The van der Waals surface area contributed by atoms with Gasteiger partial charge in [0.25, 0.3) is 0 Å². The average Bonchev–Trinajstić information content (AvgIpc) is 2.59. The number of aliphatic hydroxyl groups excluding tert-OH is 1. The molecule has 0 aromatic rings. The Hall–Kier alpha value is 1.51. The van der Waals surface area contributed by atoms with Gasteiger partial charge in [-0.15, -0.1) is 0 Å². The Bertz CT molecular complexity index is 401. The Labute approximate surface area is 211 Å². The van der Waals surface area contributed by atoms with Gasteiger partial charge in [-0.2, -0.15) is 0 Å². The Morgan fingerprint density at radius 3 is 1.30 bits per heavy atom. The maximum absolute atomic E-state index is 10.8. The predicted octanol–water partition coefficient (Wildman–Crippen LogP) is 2.94. The fraction of sp³-hybridized carbons (Fsp3) is 1.00. The molecule has 0 saturated carbocycles. The minimum atomic E-state index is -4.09. The molecule has 2 unspecified atom stereocenters. The fourth-order valence-electron chi connectivity index (χ4n) is 3.28. The molecule has 0 aromatic heterocycles. The zero-order valence-electron chi connectivity index (χ0n) is 18.3. The Balaban J connectivity index is 0. The molecule has 1 N–H and O–H groups in total. The first-order valence-electron chi connectivity index (χ1n) is 11.0. The van der Waals surface area contributed by atoms with Crippen molar-refractivity contribution in [3.05, 3.63) is 0 Å². The third-order valence-electron chi connectivity index (χ3n) is 5.36. The van der Waals surface area contributed by atoms with E-state index in [0.717, 1.165) is 32.1 Å². The Morgan fingerprint density at radius 1 is 0.704 bits per heavy atom. The van der Waals surface area contributed by atoms with Gasteiger partial charge in [-0.25, -0.2) is 8.42 Å². The summed E-state index contributed by atoms with van der Waals surface area (Å²) >= 11 is 0. The molecule has 27 heavy (non-hydrogen) atoms. The van der Waals surface area contributed by atoms with Gasteiger partial charge in [0.2, 0.25) is 0 Å². The van der Waals surface area contributed by atoms with Crippen molar-refractivity contribution in [3.63, 3.8) is 0 Å². The minimum absolute atomic E-state index is 0. The van der Waals surface area contributed by atoms with Gasteiger partial charge in [0, 0.05) is 5.25 Å². The standard InChI is InChI=1S/C21H44O4S.K/c1-3-21(22)19-17-15-13-11-9-7-5-4-6-8-10-12-14-16-18-20(2)26(23,24)25;/h20-22H,3-19H2,1-2H3,(H,23,24,25);/q;+1/p-1. The van der Waals surface area contributed by atoms with Crippen molar-refractivity contribution in [1.29, 1.82) is 0 Å². The maximum atomic E-state index is 10.8. The second kappa shape index (κ2) is 20.8. The number of aliphatic hydroxyl groups is 1. The molecule has 0 aliphatic heterocycles. The Morgan fingerprint density at radius 2 is 1.00 bits per heavy atom. The second-order valence-electron chi connectivity index (χ2n) is 7.89. The van der Waals surface area contributed by atoms with E-state index in [1.165, 1.54) is 77.6 Å². The molecule has 0 saturated heterocycles. The molecule has 0 fully saturated rings. The molecule has 0 radical (unpaired) electrons. The van der Waals surface area contributed by atoms with Gasteiger partial charge in [0.05, 0.1) is 16.2 Å². The summed E-state index contributed by atoms with van der Waals surface area (Å²) in [5, 5.41) is 8.75. The molecular formula is C21H43KO4S. The van der Waals surface area contributed by atoms with Crippen LogP contribution in [0.4, 0.5) is 0 Å². The van der Waals surface area contributed by atoms with Crippen LogP contribution in [0.1, 0.15) is 123 Å². The Kier molecular flexibility index (Phi) is 23.6. The van der Waals surface area contributed by atoms with Crippen LogP contribution in [0, 0.1) is 0 Å². The molecule has 0 spiro atoms. The van der Waals surface area contributed by atoms with Gasteiger partial charge in [-0.1, -0.05) is 96.8 Å². The normalized spacial score (nSPS) is 13.9. The number of unbranched alkanes of at least 4 members (excludes halogenated alkanes) is 13. The van der Waals surface area contributed by atoms with Gasteiger partial charge < -0.3 is 9.66 Å². The topological polar surface area (TPSA) is 77.4 Å². The first-order chi connectivity index (χ1) is 12.4. The fourth-order valence-corrected chi connectivity index (χ4v) is 3.74. The van der Waals surface area contributed by atoms with E-state index in [4.69, 9.17) is 0 Å². The van der Waals surface area contributed by atoms with Crippen LogP contribution in [-0.2, 0) is 10.1 Å². The summed E-state index contributed by atoms with van der Waals surface area (Å²) in [7, 11) is -4.09. The first kappa shape index (κ1) is 30.7. The second-order valence-corrected chi connectivity index (χ2v) is 9.68. The molecule has 0 heterocycles. The van der Waals surface area contributed by atoms with E-state index < -0.39 is 15.4 Å². The van der Waals surface area contributed by atoms with Gasteiger partial charge in [0.1, 0.15) is 0 Å². The number of hydrogen-bond donors (Lipinski definition) is 1. The zero-order chi connectivity index (χ0) is 19.7. The molecule has 0 rings (SSSR count). The van der Waals surface area contributed by atoms with Crippen LogP contribution < -0.4 is 51.4 Å². The van der Waals surface area contributed by atoms with Gasteiger partial charge in [-0.05, 0) is 26.2 Å². The summed E-state index contributed by atoms with van der Waals surface area (Å²) in [6, 6.07) is 0. The van der Waals surface area contributed by atoms with Gasteiger partial charge in [-0.3, -0.25) is 0 Å². The molecule has 0 aliphatic carbocycles. The van der Waals surface area contributed by atoms with E-state index in [-0.39, 0.29) is 57.5 Å². The molecule has 0 aliphatic rings. The van der Waals surface area contributed by atoms with Crippen LogP contribution in [0.25, 0.3) is 0 Å². The van der Waals surface area contributed by atoms with Crippen molar-refractivity contribution in [2.24, 2.45) is 0 Å². The van der Waals surface area contributed by atoms with Gasteiger partial charge in [0.15, 0.2) is 0 Å². The molecule has 0 aromatic carbocycles. The molecule has 0 amide bonds. The van der Waals surface area contributed by atoms with E-state index in [2.05, 4.69) is 0 Å². The SMILES string of the molecule is CCC(O)CCCCCCCCCCCCCCCCC(C)S(=O)(=O)[O-].[K+]. The molecule has 4 nitrogen and oxygen atoms in total.